The number of carbonyl (C=O) groups excluding carboxylic acids is 1. The molecular formula is C19H15NO3. The number of hydrogen-bond donors (Lipinski definition) is 1. The van der Waals surface area contributed by atoms with Crippen molar-refractivity contribution in [1.29, 1.82) is 0 Å². The van der Waals surface area contributed by atoms with E-state index in [9.17, 15) is 9.59 Å². The number of aromatic amines is 1. The Balaban J connectivity index is 1.96. The van der Waals surface area contributed by atoms with Gasteiger partial charge >= 0.3 is 0 Å². The molecule has 4 heteroatoms. The van der Waals surface area contributed by atoms with Crippen LogP contribution in [0.2, 0.25) is 0 Å². The minimum atomic E-state index is -0.236. The van der Waals surface area contributed by atoms with Gasteiger partial charge in [0.05, 0.1) is 7.11 Å². The topological polar surface area (TPSA) is 59.2 Å². The fourth-order valence-electron chi connectivity index (χ4n) is 2.32. The lowest BCUT2D eigenvalue weighted by Crippen LogP contribution is -2.09. The molecule has 0 radical (unpaired) electrons. The number of hydrogen-bond acceptors (Lipinski definition) is 3. The summed E-state index contributed by atoms with van der Waals surface area (Å²) in [5.41, 5.74) is 1.50. The molecule has 0 unspecified atom stereocenters. The SMILES string of the molecule is COc1ccc2[nH]c(=O)c(/C=C/C(=O)c3ccccc3)cc2c1. The summed E-state index contributed by atoms with van der Waals surface area (Å²) in [6, 6.07) is 16.1. The third-order valence-corrected chi connectivity index (χ3v) is 3.55. The van der Waals surface area contributed by atoms with Crippen LogP contribution in [0.1, 0.15) is 15.9 Å². The molecule has 0 aliphatic carbocycles. The number of allylic oxidation sites excluding steroid dienone is 1. The number of H-pyrrole nitrogens is 1. The van der Waals surface area contributed by atoms with E-state index >= 15 is 0 Å². The third-order valence-electron chi connectivity index (χ3n) is 3.55. The van der Waals surface area contributed by atoms with Crippen LogP contribution in [-0.4, -0.2) is 17.9 Å². The highest BCUT2D eigenvalue weighted by Crippen LogP contribution is 2.19. The highest BCUT2D eigenvalue weighted by molar-refractivity contribution is 6.06. The zero-order chi connectivity index (χ0) is 16.2. The molecule has 3 rings (SSSR count). The van der Waals surface area contributed by atoms with Crippen LogP contribution in [0.4, 0.5) is 0 Å². The Morgan fingerprint density at radius 3 is 2.61 bits per heavy atom. The van der Waals surface area contributed by atoms with Crippen molar-refractivity contribution in [1.82, 2.24) is 4.98 Å². The summed E-state index contributed by atoms with van der Waals surface area (Å²) >= 11 is 0. The zero-order valence-corrected chi connectivity index (χ0v) is 12.6. The quantitative estimate of drug-likeness (QED) is 0.593. The molecule has 0 aliphatic rings. The van der Waals surface area contributed by atoms with E-state index in [0.717, 1.165) is 10.9 Å². The Morgan fingerprint density at radius 2 is 1.87 bits per heavy atom. The highest BCUT2D eigenvalue weighted by atomic mass is 16.5. The molecule has 0 saturated heterocycles. The van der Waals surface area contributed by atoms with Crippen LogP contribution in [0.25, 0.3) is 17.0 Å². The average molecular weight is 305 g/mol. The fraction of sp³-hybridized carbons (Fsp3) is 0.0526. The van der Waals surface area contributed by atoms with Gasteiger partial charge < -0.3 is 9.72 Å². The Morgan fingerprint density at radius 1 is 1.09 bits per heavy atom. The molecule has 0 spiro atoms. The van der Waals surface area contributed by atoms with Crippen molar-refractivity contribution in [2.24, 2.45) is 0 Å². The number of nitrogens with one attached hydrogen (secondary N) is 1. The van der Waals surface area contributed by atoms with Gasteiger partial charge in [-0.25, -0.2) is 0 Å². The minimum absolute atomic E-state index is 0.143. The molecule has 1 N–H and O–H groups in total. The summed E-state index contributed by atoms with van der Waals surface area (Å²) in [6.45, 7) is 0. The first-order chi connectivity index (χ1) is 11.2. The van der Waals surface area contributed by atoms with Crippen molar-refractivity contribution in [3.63, 3.8) is 0 Å². The van der Waals surface area contributed by atoms with Crippen LogP contribution in [0, 0.1) is 0 Å². The molecule has 0 aliphatic heterocycles. The van der Waals surface area contributed by atoms with Crippen molar-refractivity contribution < 1.29 is 9.53 Å². The van der Waals surface area contributed by atoms with E-state index in [0.29, 0.717) is 16.9 Å². The maximum atomic E-state index is 12.1. The number of methoxy groups -OCH3 is 1. The summed E-state index contributed by atoms with van der Waals surface area (Å²) in [4.78, 5) is 27.0. The van der Waals surface area contributed by atoms with Gasteiger partial charge in [0.2, 0.25) is 0 Å². The van der Waals surface area contributed by atoms with Crippen molar-refractivity contribution in [3.05, 3.63) is 82.2 Å². The first kappa shape index (κ1) is 14.8. The van der Waals surface area contributed by atoms with Crippen molar-refractivity contribution >= 4 is 22.8 Å². The van der Waals surface area contributed by atoms with Gasteiger partial charge in [0.15, 0.2) is 5.78 Å². The maximum Gasteiger partial charge on any atom is 0.255 e. The molecule has 0 atom stereocenters. The van der Waals surface area contributed by atoms with Gasteiger partial charge in [-0.05, 0) is 36.4 Å². The van der Waals surface area contributed by atoms with Crippen molar-refractivity contribution in [2.45, 2.75) is 0 Å². The van der Waals surface area contributed by atoms with Gasteiger partial charge in [-0.2, -0.15) is 0 Å². The number of rotatable bonds is 4. The molecule has 0 fully saturated rings. The summed E-state index contributed by atoms with van der Waals surface area (Å²) in [6.07, 6.45) is 2.94. The summed E-state index contributed by atoms with van der Waals surface area (Å²) in [5, 5.41) is 0.843. The Bertz CT molecular complexity index is 940. The predicted octanol–water partition coefficient (Wildman–Crippen LogP) is 3.43. The summed E-state index contributed by atoms with van der Waals surface area (Å²) in [5.74, 6) is 0.565. The normalized spacial score (nSPS) is 11.0. The van der Waals surface area contributed by atoms with Gasteiger partial charge in [0, 0.05) is 22.0 Å². The predicted molar refractivity (Wildman–Crippen MR) is 90.9 cm³/mol. The Hall–Kier alpha value is -3.14. The van der Waals surface area contributed by atoms with E-state index in [1.54, 1.807) is 49.6 Å². The van der Waals surface area contributed by atoms with Crippen LogP contribution >= 0.6 is 0 Å². The van der Waals surface area contributed by atoms with Crippen molar-refractivity contribution in [3.8, 4) is 5.75 Å². The van der Waals surface area contributed by atoms with E-state index in [1.165, 1.54) is 12.2 Å². The standard InChI is InChI=1S/C19H15NO3/c1-23-16-8-9-17-15(12-16)11-14(19(22)20-17)7-10-18(21)13-5-3-2-4-6-13/h2-12H,1H3,(H,20,22)/b10-7+. The van der Waals surface area contributed by atoms with E-state index in [4.69, 9.17) is 4.74 Å². The minimum Gasteiger partial charge on any atom is -0.497 e. The molecule has 1 aromatic heterocycles. The van der Waals surface area contributed by atoms with Crippen LogP contribution in [0.3, 0.4) is 0 Å². The number of benzene rings is 2. The number of carbonyl (C=O) groups is 1. The van der Waals surface area contributed by atoms with E-state index in [-0.39, 0.29) is 11.3 Å². The average Bonchev–Trinajstić information content (AvgIpc) is 2.60. The number of ketones is 1. The van der Waals surface area contributed by atoms with Crippen LogP contribution in [-0.2, 0) is 0 Å². The monoisotopic (exact) mass is 305 g/mol. The van der Waals surface area contributed by atoms with Crippen LogP contribution < -0.4 is 10.3 Å². The smallest absolute Gasteiger partial charge is 0.255 e. The Kier molecular flexibility index (Phi) is 4.06. The van der Waals surface area contributed by atoms with E-state index in [2.05, 4.69) is 4.98 Å². The van der Waals surface area contributed by atoms with Gasteiger partial charge in [-0.15, -0.1) is 0 Å². The molecule has 23 heavy (non-hydrogen) atoms. The maximum absolute atomic E-state index is 12.1. The fourth-order valence-corrected chi connectivity index (χ4v) is 2.32. The lowest BCUT2D eigenvalue weighted by atomic mass is 10.1. The first-order valence-electron chi connectivity index (χ1n) is 7.16. The summed E-state index contributed by atoms with van der Waals surface area (Å²) < 4.78 is 5.18. The molecule has 4 nitrogen and oxygen atoms in total. The second-order valence-electron chi connectivity index (χ2n) is 5.07. The van der Waals surface area contributed by atoms with Crippen LogP contribution in [0.15, 0.2) is 65.5 Å². The number of aromatic nitrogens is 1. The number of fused-ring (bicyclic) bond motifs is 1. The number of ether oxygens (including phenoxy) is 1. The highest BCUT2D eigenvalue weighted by Gasteiger charge is 2.04. The molecule has 2 aromatic carbocycles. The second kappa shape index (κ2) is 6.32. The lowest BCUT2D eigenvalue weighted by Gasteiger charge is -2.03. The van der Waals surface area contributed by atoms with Gasteiger partial charge in [-0.1, -0.05) is 30.3 Å². The van der Waals surface area contributed by atoms with E-state index < -0.39 is 0 Å². The molecule has 3 aromatic rings. The molecule has 1 heterocycles. The van der Waals surface area contributed by atoms with Gasteiger partial charge in [0.1, 0.15) is 5.75 Å². The van der Waals surface area contributed by atoms with E-state index in [1.807, 2.05) is 12.1 Å². The zero-order valence-electron chi connectivity index (χ0n) is 12.6. The Labute approximate surface area is 133 Å². The molecule has 0 amide bonds. The van der Waals surface area contributed by atoms with Gasteiger partial charge in [-0.3, -0.25) is 9.59 Å². The molecular weight excluding hydrogens is 290 g/mol. The molecule has 0 saturated carbocycles. The van der Waals surface area contributed by atoms with Crippen LogP contribution in [0.5, 0.6) is 5.75 Å². The number of pyridine rings is 1. The largest absolute Gasteiger partial charge is 0.497 e. The lowest BCUT2D eigenvalue weighted by molar-refractivity contribution is 0.104. The molecule has 0 bridgehead atoms. The third kappa shape index (κ3) is 3.21. The van der Waals surface area contributed by atoms with Gasteiger partial charge in [0.25, 0.3) is 5.56 Å². The first-order valence-corrected chi connectivity index (χ1v) is 7.16. The second-order valence-corrected chi connectivity index (χ2v) is 5.07. The summed E-state index contributed by atoms with van der Waals surface area (Å²) in [7, 11) is 1.59. The molecule has 114 valence electrons. The van der Waals surface area contributed by atoms with Crippen molar-refractivity contribution in [2.75, 3.05) is 7.11 Å².